The Hall–Kier alpha value is -1.39. The fourth-order valence-electron chi connectivity index (χ4n) is 2.04. The topological polar surface area (TPSA) is 34.1 Å². The summed E-state index contributed by atoms with van der Waals surface area (Å²) in [6.45, 7) is 3.72. The number of hydrogen-bond acceptors (Lipinski definition) is 4. The average molecular weight is 288 g/mol. The second-order valence-electron chi connectivity index (χ2n) is 5.24. The minimum absolute atomic E-state index is 0.688. The maximum absolute atomic E-state index is 5.81. The molecule has 0 amide bonds. The number of benzene rings is 1. The van der Waals surface area contributed by atoms with Gasteiger partial charge in [-0.15, -0.1) is 11.3 Å². The maximum atomic E-state index is 5.81. The SMILES string of the molecule is Cc1ccccc1OCCc1ncc(CNC2CC2)s1. The van der Waals surface area contributed by atoms with Crippen LogP contribution in [-0.2, 0) is 13.0 Å². The zero-order valence-electron chi connectivity index (χ0n) is 11.8. The number of hydrogen-bond donors (Lipinski definition) is 1. The van der Waals surface area contributed by atoms with Crippen molar-refractivity contribution in [1.29, 1.82) is 0 Å². The lowest BCUT2D eigenvalue weighted by atomic mass is 10.2. The fourth-order valence-corrected chi connectivity index (χ4v) is 2.90. The number of nitrogens with zero attached hydrogens (tertiary/aromatic N) is 1. The van der Waals surface area contributed by atoms with Crippen LogP contribution in [0.25, 0.3) is 0 Å². The van der Waals surface area contributed by atoms with Gasteiger partial charge >= 0.3 is 0 Å². The first-order chi connectivity index (χ1) is 9.81. The molecule has 0 aliphatic heterocycles. The number of aryl methyl sites for hydroxylation is 1. The van der Waals surface area contributed by atoms with E-state index in [4.69, 9.17) is 4.74 Å². The molecule has 1 heterocycles. The standard InChI is InChI=1S/C16H20N2OS/c1-12-4-2-3-5-15(12)19-9-8-16-18-11-14(20-16)10-17-13-6-7-13/h2-5,11,13,17H,6-10H2,1H3. The number of aromatic nitrogens is 1. The van der Waals surface area contributed by atoms with E-state index in [1.165, 1.54) is 23.3 Å². The first-order valence-corrected chi connectivity index (χ1v) is 7.98. The van der Waals surface area contributed by atoms with Crippen LogP contribution < -0.4 is 10.1 Å². The third-order valence-electron chi connectivity index (χ3n) is 3.41. The van der Waals surface area contributed by atoms with Gasteiger partial charge in [-0.05, 0) is 31.4 Å². The molecule has 0 saturated heterocycles. The number of thiazole rings is 1. The van der Waals surface area contributed by atoms with E-state index in [9.17, 15) is 0 Å². The Labute approximate surface area is 124 Å². The zero-order valence-corrected chi connectivity index (χ0v) is 12.6. The Morgan fingerprint density at radius 2 is 2.20 bits per heavy atom. The molecule has 3 rings (SSSR count). The van der Waals surface area contributed by atoms with Crippen LogP contribution in [0.15, 0.2) is 30.5 Å². The van der Waals surface area contributed by atoms with E-state index >= 15 is 0 Å². The second kappa shape index (κ2) is 6.37. The van der Waals surface area contributed by atoms with Crippen molar-refractivity contribution in [1.82, 2.24) is 10.3 Å². The monoisotopic (exact) mass is 288 g/mol. The van der Waals surface area contributed by atoms with E-state index in [-0.39, 0.29) is 0 Å². The Balaban J connectivity index is 1.45. The normalized spacial score (nSPS) is 14.4. The number of ether oxygens (including phenoxy) is 1. The van der Waals surface area contributed by atoms with E-state index in [2.05, 4.69) is 23.3 Å². The number of rotatable bonds is 7. The Morgan fingerprint density at radius 1 is 1.35 bits per heavy atom. The first kappa shape index (κ1) is 13.6. The van der Waals surface area contributed by atoms with Crippen LogP contribution in [0.2, 0.25) is 0 Å². The summed E-state index contributed by atoms with van der Waals surface area (Å²) in [5, 5.41) is 4.67. The second-order valence-corrected chi connectivity index (χ2v) is 6.44. The Bertz CT molecular complexity index is 563. The molecule has 20 heavy (non-hydrogen) atoms. The summed E-state index contributed by atoms with van der Waals surface area (Å²) in [6, 6.07) is 8.88. The molecule has 0 bridgehead atoms. The highest BCUT2D eigenvalue weighted by atomic mass is 32.1. The van der Waals surface area contributed by atoms with E-state index in [0.717, 1.165) is 29.8 Å². The largest absolute Gasteiger partial charge is 0.493 e. The minimum Gasteiger partial charge on any atom is -0.493 e. The van der Waals surface area contributed by atoms with Crippen molar-refractivity contribution < 1.29 is 4.74 Å². The summed E-state index contributed by atoms with van der Waals surface area (Å²) < 4.78 is 5.81. The third-order valence-corrected chi connectivity index (χ3v) is 4.47. The predicted octanol–water partition coefficient (Wildman–Crippen LogP) is 3.33. The van der Waals surface area contributed by atoms with Gasteiger partial charge in [-0.25, -0.2) is 4.98 Å². The molecule has 1 aromatic carbocycles. The molecule has 4 heteroatoms. The van der Waals surface area contributed by atoms with Gasteiger partial charge in [0.2, 0.25) is 0 Å². The summed E-state index contributed by atoms with van der Waals surface area (Å²) >= 11 is 1.79. The van der Waals surface area contributed by atoms with Crippen molar-refractivity contribution >= 4 is 11.3 Å². The Morgan fingerprint density at radius 3 is 3.00 bits per heavy atom. The highest BCUT2D eigenvalue weighted by Gasteiger charge is 2.20. The van der Waals surface area contributed by atoms with Gasteiger partial charge in [0.25, 0.3) is 0 Å². The lowest BCUT2D eigenvalue weighted by Crippen LogP contribution is -2.14. The maximum Gasteiger partial charge on any atom is 0.122 e. The third kappa shape index (κ3) is 3.81. The number of para-hydroxylation sites is 1. The van der Waals surface area contributed by atoms with Crippen molar-refractivity contribution in [3.63, 3.8) is 0 Å². The predicted molar refractivity (Wildman–Crippen MR) is 82.4 cm³/mol. The molecular weight excluding hydrogens is 268 g/mol. The molecule has 106 valence electrons. The van der Waals surface area contributed by atoms with Crippen molar-refractivity contribution in [3.05, 3.63) is 45.9 Å². The highest BCUT2D eigenvalue weighted by molar-refractivity contribution is 7.11. The summed E-state index contributed by atoms with van der Waals surface area (Å²) in [5.74, 6) is 0.972. The van der Waals surface area contributed by atoms with Gasteiger partial charge in [0.1, 0.15) is 5.75 Å². The summed E-state index contributed by atoms with van der Waals surface area (Å²) in [5.41, 5.74) is 1.18. The molecule has 0 radical (unpaired) electrons. The average Bonchev–Trinajstić information content (AvgIpc) is 3.18. The van der Waals surface area contributed by atoms with Gasteiger partial charge in [0.05, 0.1) is 11.6 Å². The molecule has 1 saturated carbocycles. The smallest absolute Gasteiger partial charge is 0.122 e. The quantitative estimate of drug-likeness (QED) is 0.848. The molecule has 1 N–H and O–H groups in total. The van der Waals surface area contributed by atoms with Crippen molar-refractivity contribution in [2.45, 2.75) is 38.8 Å². The lowest BCUT2D eigenvalue weighted by Gasteiger charge is -2.07. The minimum atomic E-state index is 0.688. The molecule has 0 spiro atoms. The summed E-state index contributed by atoms with van der Waals surface area (Å²) in [7, 11) is 0. The van der Waals surface area contributed by atoms with Crippen molar-refractivity contribution in [3.8, 4) is 5.75 Å². The van der Waals surface area contributed by atoms with Crippen LogP contribution in [0, 0.1) is 6.92 Å². The van der Waals surface area contributed by atoms with Crippen LogP contribution in [0.1, 0.15) is 28.3 Å². The molecular formula is C16H20N2OS. The molecule has 3 nitrogen and oxygen atoms in total. The molecule has 1 aromatic heterocycles. The Kier molecular flexibility index (Phi) is 4.33. The van der Waals surface area contributed by atoms with Crippen LogP contribution in [0.5, 0.6) is 5.75 Å². The zero-order chi connectivity index (χ0) is 13.8. The highest BCUT2D eigenvalue weighted by Crippen LogP contribution is 2.21. The summed E-state index contributed by atoms with van der Waals surface area (Å²) in [6.07, 6.45) is 5.53. The summed E-state index contributed by atoms with van der Waals surface area (Å²) in [4.78, 5) is 5.79. The first-order valence-electron chi connectivity index (χ1n) is 7.16. The number of nitrogens with one attached hydrogen (secondary N) is 1. The van der Waals surface area contributed by atoms with E-state index in [0.29, 0.717) is 6.61 Å². The molecule has 2 aromatic rings. The van der Waals surface area contributed by atoms with E-state index < -0.39 is 0 Å². The van der Waals surface area contributed by atoms with Gasteiger partial charge in [-0.1, -0.05) is 18.2 Å². The van der Waals surface area contributed by atoms with Crippen LogP contribution in [-0.4, -0.2) is 17.6 Å². The van der Waals surface area contributed by atoms with Crippen molar-refractivity contribution in [2.24, 2.45) is 0 Å². The van der Waals surface area contributed by atoms with Crippen molar-refractivity contribution in [2.75, 3.05) is 6.61 Å². The van der Waals surface area contributed by atoms with Gasteiger partial charge in [0.15, 0.2) is 0 Å². The fraction of sp³-hybridized carbons (Fsp3) is 0.438. The molecule has 1 aliphatic rings. The van der Waals surface area contributed by atoms with E-state index in [1.54, 1.807) is 11.3 Å². The van der Waals surface area contributed by atoms with Crippen LogP contribution >= 0.6 is 11.3 Å². The molecule has 1 fully saturated rings. The molecule has 0 unspecified atom stereocenters. The van der Waals surface area contributed by atoms with E-state index in [1.807, 2.05) is 24.4 Å². The van der Waals surface area contributed by atoms with Gasteiger partial charge < -0.3 is 10.1 Å². The van der Waals surface area contributed by atoms with Gasteiger partial charge in [0, 0.05) is 30.1 Å². The van der Waals surface area contributed by atoms with Gasteiger partial charge in [-0.3, -0.25) is 0 Å². The van der Waals surface area contributed by atoms with Gasteiger partial charge in [-0.2, -0.15) is 0 Å². The molecule has 0 atom stereocenters. The lowest BCUT2D eigenvalue weighted by molar-refractivity contribution is 0.319. The van der Waals surface area contributed by atoms with Crippen LogP contribution in [0.3, 0.4) is 0 Å². The van der Waals surface area contributed by atoms with Crippen LogP contribution in [0.4, 0.5) is 0 Å². The molecule has 1 aliphatic carbocycles.